The van der Waals surface area contributed by atoms with Gasteiger partial charge in [0.05, 0.1) is 10.3 Å². The van der Waals surface area contributed by atoms with Crippen molar-refractivity contribution in [3.8, 4) is 5.88 Å². The minimum Gasteiger partial charge on any atom is -0.435 e. The predicted molar refractivity (Wildman–Crippen MR) is 66.7 cm³/mol. The predicted octanol–water partition coefficient (Wildman–Crippen LogP) is 2.22. The van der Waals surface area contributed by atoms with Crippen LogP contribution in [-0.4, -0.2) is 22.7 Å². The molecule has 0 radical (unpaired) electrons. The van der Waals surface area contributed by atoms with Gasteiger partial charge in [-0.3, -0.25) is 14.9 Å². The number of carbonyl (C=O) groups is 1. The summed E-state index contributed by atoms with van der Waals surface area (Å²) in [5.74, 6) is -0.625. The molecule has 0 aliphatic rings. The normalized spacial score (nSPS) is 10.9. The van der Waals surface area contributed by atoms with Crippen LogP contribution in [0.5, 0.6) is 5.88 Å². The maximum Gasteiger partial charge on any atom is 0.331 e. The molecular formula is C12H16N2O5. The molecule has 0 N–H and O–H groups in total. The first-order valence-electron chi connectivity index (χ1n) is 5.63. The van der Waals surface area contributed by atoms with E-state index >= 15 is 0 Å². The van der Waals surface area contributed by atoms with Crippen molar-refractivity contribution in [1.82, 2.24) is 4.98 Å². The number of ether oxygens (including phenoxy) is 2. The molecule has 1 aromatic heterocycles. The number of esters is 1. The highest BCUT2D eigenvalue weighted by Gasteiger charge is 2.24. The average Bonchev–Trinajstić information content (AvgIpc) is 2.29. The summed E-state index contributed by atoms with van der Waals surface area (Å²) < 4.78 is 9.88. The van der Waals surface area contributed by atoms with Gasteiger partial charge in [-0.1, -0.05) is 0 Å². The van der Waals surface area contributed by atoms with E-state index in [4.69, 9.17) is 9.47 Å². The van der Waals surface area contributed by atoms with Crippen molar-refractivity contribution in [1.29, 1.82) is 0 Å². The average molecular weight is 268 g/mol. The van der Waals surface area contributed by atoms with Crippen molar-refractivity contribution in [2.75, 3.05) is 6.79 Å². The molecule has 0 aliphatic heterocycles. The van der Waals surface area contributed by atoms with E-state index in [1.54, 1.807) is 27.7 Å². The number of aromatic nitrogens is 1. The van der Waals surface area contributed by atoms with Gasteiger partial charge < -0.3 is 9.47 Å². The van der Waals surface area contributed by atoms with E-state index in [-0.39, 0.29) is 11.6 Å². The molecule has 0 spiro atoms. The molecule has 0 unspecified atom stereocenters. The topological polar surface area (TPSA) is 91.6 Å². The first kappa shape index (κ1) is 14.9. The third kappa shape index (κ3) is 4.20. The molecule has 19 heavy (non-hydrogen) atoms. The Morgan fingerprint density at radius 2 is 2.11 bits per heavy atom. The second kappa shape index (κ2) is 5.64. The summed E-state index contributed by atoms with van der Waals surface area (Å²) in [5, 5.41) is 10.8. The number of hydrogen-bond acceptors (Lipinski definition) is 6. The molecule has 0 amide bonds. The molecule has 1 rings (SSSR count). The van der Waals surface area contributed by atoms with E-state index in [0.29, 0.717) is 5.56 Å². The van der Waals surface area contributed by atoms with Crippen LogP contribution < -0.4 is 4.74 Å². The number of aryl methyl sites for hydroxylation is 1. The quantitative estimate of drug-likeness (QED) is 0.360. The zero-order valence-corrected chi connectivity index (χ0v) is 11.3. The van der Waals surface area contributed by atoms with E-state index in [9.17, 15) is 14.9 Å². The van der Waals surface area contributed by atoms with Crippen LogP contribution in [0, 0.1) is 22.5 Å². The molecule has 0 atom stereocenters. The van der Waals surface area contributed by atoms with Crippen molar-refractivity contribution < 1.29 is 19.2 Å². The number of carbonyl (C=O) groups excluding carboxylic acids is 1. The Labute approximate surface area is 110 Å². The fourth-order valence-corrected chi connectivity index (χ4v) is 1.14. The van der Waals surface area contributed by atoms with Crippen LogP contribution in [0.2, 0.25) is 0 Å². The lowest BCUT2D eigenvalue weighted by atomic mass is 9.98. The van der Waals surface area contributed by atoms with E-state index < -0.39 is 23.1 Å². The Morgan fingerprint density at radius 3 is 2.63 bits per heavy atom. The number of hydrogen-bond donors (Lipinski definition) is 0. The number of nitro groups is 1. The Balaban J connectivity index is 2.69. The van der Waals surface area contributed by atoms with Crippen LogP contribution in [-0.2, 0) is 9.53 Å². The van der Waals surface area contributed by atoms with Crippen LogP contribution in [0.3, 0.4) is 0 Å². The highest BCUT2D eigenvalue weighted by atomic mass is 16.7. The third-order valence-corrected chi connectivity index (χ3v) is 2.16. The van der Waals surface area contributed by atoms with Crippen molar-refractivity contribution in [3.05, 3.63) is 27.9 Å². The monoisotopic (exact) mass is 268 g/mol. The van der Waals surface area contributed by atoms with Gasteiger partial charge in [0.15, 0.2) is 0 Å². The largest absolute Gasteiger partial charge is 0.435 e. The zero-order chi connectivity index (χ0) is 14.6. The second-order valence-electron chi connectivity index (χ2n) is 5.04. The van der Waals surface area contributed by atoms with E-state index in [1.165, 1.54) is 12.3 Å². The lowest BCUT2D eigenvalue weighted by Crippen LogP contribution is -2.24. The van der Waals surface area contributed by atoms with Gasteiger partial charge in [0.25, 0.3) is 5.88 Å². The van der Waals surface area contributed by atoms with E-state index in [0.717, 1.165) is 0 Å². The highest BCUT2D eigenvalue weighted by molar-refractivity contribution is 5.75. The van der Waals surface area contributed by atoms with Gasteiger partial charge in [-0.2, -0.15) is 0 Å². The summed E-state index contributed by atoms with van der Waals surface area (Å²) in [7, 11) is 0. The Kier molecular flexibility index (Phi) is 4.42. The summed E-state index contributed by atoms with van der Waals surface area (Å²) in [6.07, 6.45) is 1.44. The SMILES string of the molecule is Cc1cnc(OCOC(=O)C(C)(C)C)c([N+](=O)[O-])c1. The van der Waals surface area contributed by atoms with Crippen molar-refractivity contribution >= 4 is 11.7 Å². The zero-order valence-electron chi connectivity index (χ0n) is 11.3. The second-order valence-corrected chi connectivity index (χ2v) is 5.04. The fourth-order valence-electron chi connectivity index (χ4n) is 1.14. The highest BCUT2D eigenvalue weighted by Crippen LogP contribution is 2.25. The lowest BCUT2D eigenvalue weighted by Gasteiger charge is -2.16. The van der Waals surface area contributed by atoms with Gasteiger partial charge in [0.2, 0.25) is 6.79 Å². The van der Waals surface area contributed by atoms with Crippen molar-refractivity contribution in [2.24, 2.45) is 5.41 Å². The third-order valence-electron chi connectivity index (χ3n) is 2.16. The molecule has 0 aliphatic carbocycles. The molecule has 0 bridgehead atoms. The van der Waals surface area contributed by atoms with Crippen LogP contribution in [0.1, 0.15) is 26.3 Å². The van der Waals surface area contributed by atoms with Crippen LogP contribution >= 0.6 is 0 Å². The smallest absolute Gasteiger partial charge is 0.331 e. The van der Waals surface area contributed by atoms with Crippen LogP contribution in [0.4, 0.5) is 5.69 Å². The maximum atomic E-state index is 11.5. The van der Waals surface area contributed by atoms with Crippen molar-refractivity contribution in [2.45, 2.75) is 27.7 Å². The maximum absolute atomic E-state index is 11.5. The molecule has 7 heteroatoms. The number of pyridine rings is 1. The van der Waals surface area contributed by atoms with E-state index in [2.05, 4.69) is 4.98 Å². The Morgan fingerprint density at radius 1 is 1.47 bits per heavy atom. The Bertz CT molecular complexity index is 493. The standard InChI is InChI=1S/C12H16N2O5/c1-8-5-9(14(16)17)10(13-6-8)18-7-19-11(15)12(2,3)4/h5-6H,7H2,1-4H3. The molecule has 0 fully saturated rings. The molecule has 0 aromatic carbocycles. The molecule has 7 nitrogen and oxygen atoms in total. The van der Waals surface area contributed by atoms with Gasteiger partial charge >= 0.3 is 11.7 Å². The summed E-state index contributed by atoms with van der Waals surface area (Å²) >= 11 is 0. The van der Waals surface area contributed by atoms with Crippen LogP contribution in [0.25, 0.3) is 0 Å². The summed E-state index contributed by atoms with van der Waals surface area (Å²) in [6, 6.07) is 1.34. The van der Waals surface area contributed by atoms with Crippen LogP contribution in [0.15, 0.2) is 12.3 Å². The van der Waals surface area contributed by atoms with Gasteiger partial charge in [-0.15, -0.1) is 0 Å². The fraction of sp³-hybridized carbons (Fsp3) is 0.500. The van der Waals surface area contributed by atoms with E-state index in [1.807, 2.05) is 0 Å². The van der Waals surface area contributed by atoms with Crippen molar-refractivity contribution in [3.63, 3.8) is 0 Å². The molecule has 0 saturated carbocycles. The molecule has 104 valence electrons. The summed E-state index contributed by atoms with van der Waals surface area (Å²) in [5.41, 5.74) is -0.270. The molecular weight excluding hydrogens is 252 g/mol. The van der Waals surface area contributed by atoms with Gasteiger partial charge in [-0.05, 0) is 33.3 Å². The number of nitrogens with zero attached hydrogens (tertiary/aromatic N) is 2. The number of rotatable bonds is 4. The minimum absolute atomic E-state index is 0.169. The van der Waals surface area contributed by atoms with Gasteiger partial charge in [0.1, 0.15) is 0 Å². The summed E-state index contributed by atoms with van der Waals surface area (Å²) in [4.78, 5) is 25.5. The summed E-state index contributed by atoms with van der Waals surface area (Å²) in [6.45, 7) is 6.36. The van der Waals surface area contributed by atoms with Gasteiger partial charge in [0, 0.05) is 12.3 Å². The first-order valence-corrected chi connectivity index (χ1v) is 5.63. The molecule has 1 heterocycles. The lowest BCUT2D eigenvalue weighted by molar-refractivity contribution is -0.386. The minimum atomic E-state index is -0.657. The first-order chi connectivity index (χ1) is 8.71. The molecule has 1 aromatic rings. The Hall–Kier alpha value is -2.18. The van der Waals surface area contributed by atoms with Gasteiger partial charge in [-0.25, -0.2) is 4.98 Å². The molecule has 0 saturated heterocycles.